The molecule has 0 bridgehead atoms. The molecule has 0 amide bonds. The van der Waals surface area contributed by atoms with Gasteiger partial charge in [0.05, 0.1) is 0 Å². The zero-order valence-electron chi connectivity index (χ0n) is 5.81. The first-order valence-corrected chi connectivity index (χ1v) is 3.33. The Bertz CT molecular complexity index is 45.5. The average molecular weight is 149 g/mol. The predicted octanol–water partition coefficient (Wildman–Crippen LogP) is -0.313. The van der Waals surface area contributed by atoms with Crippen LogP contribution < -0.4 is 0 Å². The van der Waals surface area contributed by atoms with Crippen molar-refractivity contribution in [2.24, 2.45) is 0 Å². The van der Waals surface area contributed by atoms with Gasteiger partial charge in [0.15, 0.2) is 0 Å². The minimum atomic E-state index is -0.231. The number of rotatable bonds is 4. The smallest absolute Gasteiger partial charge is 0.134 e. The molecule has 0 aromatic carbocycles. The molecule has 9 heavy (non-hydrogen) atoms. The summed E-state index contributed by atoms with van der Waals surface area (Å²) in [6.45, 7) is 5.20. The molecular formula is C5H13O3Si. The SMILES string of the molecule is CCOC([Si])OCC.O. The van der Waals surface area contributed by atoms with Crippen molar-refractivity contribution < 1.29 is 14.9 Å². The third-order valence-corrected chi connectivity index (χ3v) is 0.969. The van der Waals surface area contributed by atoms with Crippen LogP contribution in [0, 0.1) is 0 Å². The quantitative estimate of drug-likeness (QED) is 0.406. The van der Waals surface area contributed by atoms with Crippen molar-refractivity contribution in [1.82, 2.24) is 0 Å². The lowest BCUT2D eigenvalue weighted by molar-refractivity contribution is -0.0801. The molecular weight excluding hydrogens is 136 g/mol. The fourth-order valence-electron chi connectivity index (χ4n) is 0.351. The van der Waals surface area contributed by atoms with Gasteiger partial charge in [-0.05, 0) is 13.8 Å². The lowest BCUT2D eigenvalue weighted by Crippen LogP contribution is -2.16. The molecule has 0 spiro atoms. The monoisotopic (exact) mass is 149 g/mol. The Hall–Kier alpha value is 0.0969. The molecule has 0 aromatic rings. The van der Waals surface area contributed by atoms with E-state index in [2.05, 4.69) is 10.2 Å². The Morgan fingerprint density at radius 3 is 1.78 bits per heavy atom. The minimum Gasteiger partial charge on any atom is -0.412 e. The zero-order chi connectivity index (χ0) is 6.41. The molecule has 0 aromatic heterocycles. The van der Waals surface area contributed by atoms with Gasteiger partial charge in [-0.2, -0.15) is 0 Å². The number of hydrogen-bond acceptors (Lipinski definition) is 2. The molecule has 0 heterocycles. The summed E-state index contributed by atoms with van der Waals surface area (Å²) < 4.78 is 9.95. The van der Waals surface area contributed by atoms with Gasteiger partial charge >= 0.3 is 0 Å². The summed E-state index contributed by atoms with van der Waals surface area (Å²) in [4.78, 5) is 0. The summed E-state index contributed by atoms with van der Waals surface area (Å²) in [7, 11) is 3.20. The Labute approximate surface area is 59.1 Å². The van der Waals surface area contributed by atoms with Crippen molar-refractivity contribution in [2.45, 2.75) is 19.8 Å². The van der Waals surface area contributed by atoms with E-state index in [1.807, 2.05) is 13.8 Å². The van der Waals surface area contributed by atoms with Crippen LogP contribution in [0.15, 0.2) is 0 Å². The summed E-state index contributed by atoms with van der Waals surface area (Å²) in [5, 5.41) is 0. The fourth-order valence-corrected chi connectivity index (χ4v) is 0.684. The average Bonchev–Trinajstić information content (AvgIpc) is 1.68. The van der Waals surface area contributed by atoms with Crippen molar-refractivity contribution in [3.8, 4) is 0 Å². The molecule has 0 atom stereocenters. The van der Waals surface area contributed by atoms with Crippen LogP contribution in [-0.2, 0) is 9.47 Å². The molecule has 0 fully saturated rings. The summed E-state index contributed by atoms with van der Waals surface area (Å²) in [6, 6.07) is 0. The first kappa shape index (κ1) is 11.8. The van der Waals surface area contributed by atoms with E-state index in [4.69, 9.17) is 9.47 Å². The molecule has 0 unspecified atom stereocenters. The number of ether oxygens (including phenoxy) is 2. The number of hydrogen-bond donors (Lipinski definition) is 0. The van der Waals surface area contributed by atoms with Crippen molar-refractivity contribution >= 4 is 10.2 Å². The van der Waals surface area contributed by atoms with Crippen LogP contribution in [0.5, 0.6) is 0 Å². The first-order chi connectivity index (χ1) is 3.81. The maximum Gasteiger partial charge on any atom is 0.134 e. The predicted molar refractivity (Wildman–Crippen MR) is 36.4 cm³/mol. The van der Waals surface area contributed by atoms with Gasteiger partial charge in [0.2, 0.25) is 0 Å². The van der Waals surface area contributed by atoms with Gasteiger partial charge in [-0.25, -0.2) is 0 Å². The van der Waals surface area contributed by atoms with Gasteiger partial charge in [-0.1, -0.05) is 0 Å². The highest BCUT2D eigenvalue weighted by Gasteiger charge is 1.95. The molecule has 0 saturated heterocycles. The largest absolute Gasteiger partial charge is 0.412 e. The first-order valence-electron chi connectivity index (χ1n) is 2.75. The standard InChI is InChI=1S/C5H11O2Si.H2O/c1-3-6-5(8)7-4-2;/h5H,3-4H2,1-2H3;1H2. The van der Waals surface area contributed by atoms with Gasteiger partial charge in [-0.3, -0.25) is 0 Å². The highest BCUT2D eigenvalue weighted by Crippen LogP contribution is 1.86. The zero-order valence-corrected chi connectivity index (χ0v) is 6.81. The van der Waals surface area contributed by atoms with Gasteiger partial charge in [0, 0.05) is 13.2 Å². The van der Waals surface area contributed by atoms with Crippen LogP contribution in [0.25, 0.3) is 0 Å². The van der Waals surface area contributed by atoms with Crippen molar-refractivity contribution in [3.05, 3.63) is 0 Å². The summed E-state index contributed by atoms with van der Waals surface area (Å²) in [6.07, 6.45) is 0. The van der Waals surface area contributed by atoms with Gasteiger partial charge in [0.25, 0.3) is 0 Å². The highest BCUT2D eigenvalue weighted by molar-refractivity contribution is 6.09. The van der Waals surface area contributed by atoms with Crippen LogP contribution in [-0.4, -0.2) is 34.8 Å². The van der Waals surface area contributed by atoms with E-state index in [9.17, 15) is 0 Å². The third kappa shape index (κ3) is 8.10. The van der Waals surface area contributed by atoms with Crippen molar-refractivity contribution in [1.29, 1.82) is 0 Å². The normalized spacial score (nSPS) is 9.33. The fraction of sp³-hybridized carbons (Fsp3) is 1.00. The Morgan fingerprint density at radius 2 is 1.56 bits per heavy atom. The molecule has 0 aliphatic carbocycles. The van der Waals surface area contributed by atoms with Gasteiger partial charge in [-0.15, -0.1) is 0 Å². The summed E-state index contributed by atoms with van der Waals surface area (Å²) in [5.74, 6) is -0.231. The van der Waals surface area contributed by atoms with E-state index < -0.39 is 0 Å². The van der Waals surface area contributed by atoms with E-state index in [0.717, 1.165) is 0 Å². The molecule has 0 aliphatic rings. The van der Waals surface area contributed by atoms with Crippen LogP contribution in [0.3, 0.4) is 0 Å². The lowest BCUT2D eigenvalue weighted by atomic mass is 10.9. The second-order valence-electron chi connectivity index (χ2n) is 1.24. The van der Waals surface area contributed by atoms with Crippen LogP contribution in [0.2, 0.25) is 0 Å². The molecule has 3 nitrogen and oxygen atoms in total. The van der Waals surface area contributed by atoms with Crippen molar-refractivity contribution in [2.75, 3.05) is 13.2 Å². The van der Waals surface area contributed by atoms with Crippen molar-refractivity contribution in [3.63, 3.8) is 0 Å². The Kier molecular flexibility index (Phi) is 10.7. The minimum absolute atomic E-state index is 0. The highest BCUT2D eigenvalue weighted by atomic mass is 28.1. The molecule has 2 N–H and O–H groups in total. The van der Waals surface area contributed by atoms with Crippen LogP contribution >= 0.6 is 0 Å². The molecule has 0 rings (SSSR count). The molecule has 55 valence electrons. The van der Waals surface area contributed by atoms with E-state index in [1.54, 1.807) is 0 Å². The van der Waals surface area contributed by atoms with Gasteiger partial charge < -0.3 is 14.9 Å². The maximum atomic E-state index is 4.97. The van der Waals surface area contributed by atoms with Crippen LogP contribution in [0.4, 0.5) is 0 Å². The summed E-state index contributed by atoms with van der Waals surface area (Å²) in [5.41, 5.74) is 0. The van der Waals surface area contributed by atoms with Crippen LogP contribution in [0.1, 0.15) is 13.8 Å². The molecule has 4 heteroatoms. The maximum absolute atomic E-state index is 4.97. The van der Waals surface area contributed by atoms with E-state index in [0.29, 0.717) is 13.2 Å². The van der Waals surface area contributed by atoms with Gasteiger partial charge in [0.1, 0.15) is 16.2 Å². The molecule has 3 radical (unpaired) electrons. The third-order valence-electron chi connectivity index (χ3n) is 0.636. The second kappa shape index (κ2) is 8.10. The Morgan fingerprint density at radius 1 is 1.22 bits per heavy atom. The molecule has 0 aliphatic heterocycles. The topological polar surface area (TPSA) is 50.0 Å². The lowest BCUT2D eigenvalue weighted by Gasteiger charge is -2.09. The molecule has 0 saturated carbocycles. The van der Waals surface area contributed by atoms with E-state index in [-0.39, 0.29) is 11.4 Å². The summed E-state index contributed by atoms with van der Waals surface area (Å²) >= 11 is 0. The van der Waals surface area contributed by atoms with E-state index in [1.165, 1.54) is 0 Å². The second-order valence-corrected chi connectivity index (χ2v) is 1.71. The Balaban J connectivity index is 0. The van der Waals surface area contributed by atoms with E-state index >= 15 is 0 Å².